The Morgan fingerprint density at radius 1 is 0.370 bits per heavy atom. The monoisotopic (exact) mass is 692 g/mol. The molecule has 0 N–H and O–H groups in total. The maximum Gasteiger partial charge on any atom is 0.0641 e. The predicted molar refractivity (Wildman–Crippen MR) is 230 cm³/mol. The van der Waals surface area contributed by atoms with Crippen molar-refractivity contribution >= 4 is 43.6 Å². The van der Waals surface area contributed by atoms with E-state index in [1.54, 1.807) is 0 Å². The summed E-state index contributed by atoms with van der Waals surface area (Å²) in [6.07, 6.45) is 3.60. The van der Waals surface area contributed by atoms with Crippen LogP contribution < -0.4 is 0 Å². The highest BCUT2D eigenvalue weighted by Gasteiger charge is 2.20. The number of hydrogen-bond donors (Lipinski definition) is 0. The van der Waals surface area contributed by atoms with Gasteiger partial charge in [0.25, 0.3) is 0 Å². The highest BCUT2D eigenvalue weighted by atomic mass is 15.0. The van der Waals surface area contributed by atoms with Gasteiger partial charge in [0, 0.05) is 32.9 Å². The highest BCUT2D eigenvalue weighted by Crippen LogP contribution is 2.42. The lowest BCUT2D eigenvalue weighted by Crippen LogP contribution is -1.95. The van der Waals surface area contributed by atoms with Gasteiger partial charge in [-0.15, -0.1) is 0 Å². The molecule has 8 aromatic carbocycles. The molecule has 0 bridgehead atoms. The Balaban J connectivity index is 1.11. The molecule has 258 valence electrons. The molecule has 0 aliphatic carbocycles. The average molecular weight is 693 g/mol. The van der Waals surface area contributed by atoms with Crippen LogP contribution in [0.15, 0.2) is 188 Å². The second-order valence-electron chi connectivity index (χ2n) is 14.4. The molecule has 2 nitrogen and oxygen atoms in total. The summed E-state index contributed by atoms with van der Waals surface area (Å²) >= 11 is 0. The van der Waals surface area contributed by atoms with Crippen molar-refractivity contribution in [1.82, 2.24) is 9.13 Å². The Morgan fingerprint density at radius 3 is 1.56 bits per heavy atom. The molecule has 54 heavy (non-hydrogen) atoms. The second kappa shape index (κ2) is 13.4. The van der Waals surface area contributed by atoms with Gasteiger partial charge in [0.1, 0.15) is 0 Å². The van der Waals surface area contributed by atoms with Gasteiger partial charge in [0.15, 0.2) is 0 Å². The molecular weight excluding hydrogens is 653 g/mol. The first-order valence-corrected chi connectivity index (χ1v) is 19.2. The number of aromatic nitrogens is 2. The van der Waals surface area contributed by atoms with E-state index in [2.05, 4.69) is 204 Å². The molecule has 2 heterocycles. The zero-order valence-corrected chi connectivity index (χ0v) is 30.4. The maximum absolute atomic E-state index is 2.47. The first-order chi connectivity index (χ1) is 26.7. The van der Waals surface area contributed by atoms with Crippen LogP contribution in [0.2, 0.25) is 0 Å². The molecule has 10 rings (SSSR count). The predicted octanol–water partition coefficient (Wildman–Crippen LogP) is 14.2. The van der Waals surface area contributed by atoms with Crippen LogP contribution >= 0.6 is 0 Å². The van der Waals surface area contributed by atoms with E-state index >= 15 is 0 Å². The molecule has 2 heteroatoms. The first kappa shape index (κ1) is 32.0. The summed E-state index contributed by atoms with van der Waals surface area (Å²) in [4.78, 5) is 0. The Bertz CT molecular complexity index is 2930. The number of benzene rings is 8. The number of hydrogen-bond acceptors (Lipinski definition) is 0. The van der Waals surface area contributed by atoms with Gasteiger partial charge in [-0.2, -0.15) is 0 Å². The van der Waals surface area contributed by atoms with Crippen molar-refractivity contribution in [2.24, 2.45) is 0 Å². The molecule has 0 amide bonds. The van der Waals surface area contributed by atoms with Gasteiger partial charge in [-0.1, -0.05) is 153 Å². The fourth-order valence-corrected chi connectivity index (χ4v) is 8.41. The molecule has 0 spiro atoms. The summed E-state index contributed by atoms with van der Waals surface area (Å²) in [7, 11) is 0. The molecule has 0 saturated carbocycles. The van der Waals surface area contributed by atoms with Crippen molar-refractivity contribution in [3.8, 4) is 44.8 Å². The summed E-state index contributed by atoms with van der Waals surface area (Å²) in [6, 6.07) is 69.1. The van der Waals surface area contributed by atoms with E-state index in [9.17, 15) is 0 Å². The van der Waals surface area contributed by atoms with E-state index in [-0.39, 0.29) is 0 Å². The Labute approximate surface area is 316 Å². The van der Waals surface area contributed by atoms with Crippen LogP contribution in [-0.2, 0) is 6.42 Å². The van der Waals surface area contributed by atoms with Crippen LogP contribution in [0.25, 0.3) is 88.4 Å². The normalized spacial score (nSPS) is 11.6. The van der Waals surface area contributed by atoms with Gasteiger partial charge in [-0.3, -0.25) is 0 Å². The van der Waals surface area contributed by atoms with Crippen LogP contribution in [-0.4, -0.2) is 9.13 Å². The molecule has 0 aliphatic rings. The molecule has 0 unspecified atom stereocenters. The zero-order valence-electron chi connectivity index (χ0n) is 30.4. The van der Waals surface area contributed by atoms with Crippen LogP contribution in [0, 0.1) is 0 Å². The largest absolute Gasteiger partial charge is 0.309 e. The SMILES string of the molecule is CCCCc1ccc(-c2ccc(-n3c4ccccc4c4c3ccc3c5ccccc5n(-c5ccc(-c6cccc(-c7ccccc7)c6)cc5)c34)cc2)cc1. The van der Waals surface area contributed by atoms with Gasteiger partial charge in [0.05, 0.1) is 22.1 Å². The first-order valence-electron chi connectivity index (χ1n) is 19.2. The molecule has 0 aliphatic heterocycles. The highest BCUT2D eigenvalue weighted by molar-refractivity contribution is 6.26. The van der Waals surface area contributed by atoms with Crippen molar-refractivity contribution in [2.45, 2.75) is 26.2 Å². The van der Waals surface area contributed by atoms with Gasteiger partial charge in [0.2, 0.25) is 0 Å². The van der Waals surface area contributed by atoms with Crippen LogP contribution in [0.3, 0.4) is 0 Å². The average Bonchev–Trinajstić information content (AvgIpc) is 3.77. The molecule has 10 aromatic rings. The molecule has 0 saturated heterocycles. The lowest BCUT2D eigenvalue weighted by molar-refractivity contribution is 0.795. The van der Waals surface area contributed by atoms with E-state index in [0.717, 1.165) is 17.8 Å². The van der Waals surface area contributed by atoms with E-state index in [1.807, 2.05) is 0 Å². The number of aryl methyl sites for hydroxylation is 1. The summed E-state index contributed by atoms with van der Waals surface area (Å²) in [5.41, 5.74) is 15.9. The molecular formula is C52H40N2. The third kappa shape index (κ3) is 5.42. The smallest absolute Gasteiger partial charge is 0.0641 e. The van der Waals surface area contributed by atoms with Crippen molar-refractivity contribution in [3.05, 3.63) is 194 Å². The lowest BCUT2D eigenvalue weighted by Gasteiger charge is -2.12. The number of nitrogens with zero attached hydrogens (tertiary/aromatic N) is 2. The van der Waals surface area contributed by atoms with Gasteiger partial charge >= 0.3 is 0 Å². The van der Waals surface area contributed by atoms with Gasteiger partial charge in [-0.25, -0.2) is 0 Å². The second-order valence-corrected chi connectivity index (χ2v) is 14.4. The Kier molecular flexibility index (Phi) is 7.95. The van der Waals surface area contributed by atoms with E-state index in [0.29, 0.717) is 0 Å². The van der Waals surface area contributed by atoms with Crippen LogP contribution in [0.5, 0.6) is 0 Å². The van der Waals surface area contributed by atoms with Gasteiger partial charge < -0.3 is 9.13 Å². The van der Waals surface area contributed by atoms with E-state index in [4.69, 9.17) is 0 Å². The summed E-state index contributed by atoms with van der Waals surface area (Å²) in [5.74, 6) is 0. The van der Waals surface area contributed by atoms with E-state index < -0.39 is 0 Å². The Morgan fingerprint density at radius 2 is 0.889 bits per heavy atom. The minimum atomic E-state index is 1.14. The zero-order chi connectivity index (χ0) is 36.0. The number of fused-ring (bicyclic) bond motifs is 7. The number of rotatable bonds is 8. The minimum Gasteiger partial charge on any atom is -0.309 e. The van der Waals surface area contributed by atoms with Gasteiger partial charge in [-0.05, 0) is 100 Å². The van der Waals surface area contributed by atoms with Crippen molar-refractivity contribution < 1.29 is 0 Å². The molecule has 0 fully saturated rings. The summed E-state index contributed by atoms with van der Waals surface area (Å²) in [6.45, 7) is 2.25. The van der Waals surface area contributed by atoms with Crippen molar-refractivity contribution in [3.63, 3.8) is 0 Å². The maximum atomic E-state index is 2.47. The fourth-order valence-electron chi connectivity index (χ4n) is 8.41. The standard InChI is InChI=1S/C52H40N2/c1-2-3-12-36-21-23-38(24-22-36)39-25-29-43(30-26-39)53-49-20-10-8-18-47(49)51-50(53)34-33-46-45-17-7-9-19-48(45)54(52(46)51)44-31-27-40(28-32-44)42-16-11-15-41(35-42)37-13-5-4-6-14-37/h4-11,13-35H,2-3,12H2,1H3. The minimum absolute atomic E-state index is 1.14. The summed E-state index contributed by atoms with van der Waals surface area (Å²) < 4.78 is 4.91. The fraction of sp³-hybridized carbons (Fsp3) is 0.0769. The molecule has 0 atom stereocenters. The van der Waals surface area contributed by atoms with Crippen molar-refractivity contribution in [2.75, 3.05) is 0 Å². The van der Waals surface area contributed by atoms with Crippen molar-refractivity contribution in [1.29, 1.82) is 0 Å². The molecule has 2 aromatic heterocycles. The number of para-hydroxylation sites is 2. The van der Waals surface area contributed by atoms with Crippen LogP contribution in [0.1, 0.15) is 25.3 Å². The third-order valence-corrected chi connectivity index (χ3v) is 11.1. The quantitative estimate of drug-likeness (QED) is 0.150. The van der Waals surface area contributed by atoms with E-state index in [1.165, 1.54) is 95.4 Å². The topological polar surface area (TPSA) is 9.86 Å². The third-order valence-electron chi connectivity index (χ3n) is 11.1. The lowest BCUT2D eigenvalue weighted by atomic mass is 9.99. The van der Waals surface area contributed by atoms with Crippen LogP contribution in [0.4, 0.5) is 0 Å². The summed E-state index contributed by atoms with van der Waals surface area (Å²) in [5, 5.41) is 5.04. The Hall–Kier alpha value is -6.64. The molecule has 0 radical (unpaired) electrons. The number of unbranched alkanes of at least 4 members (excludes halogenated alkanes) is 1.